The van der Waals surface area contributed by atoms with Gasteiger partial charge in [-0.3, -0.25) is 4.79 Å². The highest BCUT2D eigenvalue weighted by Gasteiger charge is 2.22. The first-order valence-electron chi connectivity index (χ1n) is 9.88. The predicted molar refractivity (Wildman–Crippen MR) is 113 cm³/mol. The standard InChI is InChI=1S/C23H25N3O2/c1-16-14-17(12-13-21(16)28-2)15-24-26-22(18-8-4-3-5-9-18)25-20-11-7-6-10-19(20)23(26)27/h6-7,10-15,18H,3-5,8-9H2,1-2H3. The number of aromatic nitrogens is 2. The first kappa shape index (κ1) is 18.4. The van der Waals surface area contributed by atoms with Crippen LogP contribution in [0, 0.1) is 6.92 Å². The lowest BCUT2D eigenvalue weighted by Crippen LogP contribution is -2.25. The number of benzene rings is 2. The average molecular weight is 375 g/mol. The van der Waals surface area contributed by atoms with Crippen molar-refractivity contribution >= 4 is 17.1 Å². The first-order chi connectivity index (χ1) is 13.7. The molecule has 1 heterocycles. The van der Waals surface area contributed by atoms with E-state index in [-0.39, 0.29) is 11.5 Å². The Morgan fingerprint density at radius 2 is 1.93 bits per heavy atom. The lowest BCUT2D eigenvalue weighted by atomic mass is 9.88. The zero-order valence-electron chi connectivity index (χ0n) is 16.4. The van der Waals surface area contributed by atoms with Gasteiger partial charge in [0.25, 0.3) is 5.56 Å². The van der Waals surface area contributed by atoms with E-state index in [2.05, 4.69) is 5.10 Å². The van der Waals surface area contributed by atoms with Gasteiger partial charge in [0.1, 0.15) is 11.6 Å². The molecule has 0 bridgehead atoms. The van der Waals surface area contributed by atoms with Gasteiger partial charge in [-0.05, 0) is 61.2 Å². The summed E-state index contributed by atoms with van der Waals surface area (Å²) < 4.78 is 6.83. The molecule has 1 aromatic heterocycles. The summed E-state index contributed by atoms with van der Waals surface area (Å²) >= 11 is 0. The molecule has 5 heteroatoms. The molecule has 0 aliphatic heterocycles. The van der Waals surface area contributed by atoms with Crippen molar-refractivity contribution in [3.8, 4) is 5.75 Å². The van der Waals surface area contributed by atoms with Crippen molar-refractivity contribution in [1.82, 2.24) is 9.66 Å². The molecule has 0 unspecified atom stereocenters. The third-order valence-corrected chi connectivity index (χ3v) is 5.49. The van der Waals surface area contributed by atoms with E-state index in [1.54, 1.807) is 13.3 Å². The molecule has 3 aromatic rings. The number of nitrogens with zero attached hydrogens (tertiary/aromatic N) is 3. The van der Waals surface area contributed by atoms with E-state index in [1.165, 1.54) is 23.9 Å². The Morgan fingerprint density at radius 3 is 2.68 bits per heavy atom. The van der Waals surface area contributed by atoms with Gasteiger partial charge in [-0.25, -0.2) is 4.98 Å². The van der Waals surface area contributed by atoms with Crippen LogP contribution in [-0.2, 0) is 0 Å². The monoisotopic (exact) mass is 375 g/mol. The van der Waals surface area contributed by atoms with Gasteiger partial charge in [-0.2, -0.15) is 9.78 Å². The molecule has 0 saturated heterocycles. The normalized spacial score (nSPS) is 15.4. The summed E-state index contributed by atoms with van der Waals surface area (Å²) in [4.78, 5) is 18.0. The van der Waals surface area contributed by atoms with Gasteiger partial charge in [0.2, 0.25) is 0 Å². The fourth-order valence-electron chi connectivity index (χ4n) is 3.98. The van der Waals surface area contributed by atoms with Crippen LogP contribution < -0.4 is 10.3 Å². The molecule has 28 heavy (non-hydrogen) atoms. The van der Waals surface area contributed by atoms with Gasteiger partial charge in [0.05, 0.1) is 24.2 Å². The summed E-state index contributed by atoms with van der Waals surface area (Å²) in [7, 11) is 1.66. The average Bonchev–Trinajstić information content (AvgIpc) is 2.74. The number of aryl methyl sites for hydroxylation is 1. The zero-order chi connectivity index (χ0) is 19.5. The van der Waals surface area contributed by atoms with Crippen molar-refractivity contribution in [3.63, 3.8) is 0 Å². The maximum absolute atomic E-state index is 13.2. The molecule has 1 saturated carbocycles. The van der Waals surface area contributed by atoms with Gasteiger partial charge in [-0.1, -0.05) is 31.4 Å². The van der Waals surface area contributed by atoms with Gasteiger partial charge < -0.3 is 4.74 Å². The highest BCUT2D eigenvalue weighted by molar-refractivity contribution is 5.81. The Balaban J connectivity index is 1.81. The van der Waals surface area contributed by atoms with Gasteiger partial charge in [0.15, 0.2) is 0 Å². The Morgan fingerprint density at radius 1 is 1.14 bits per heavy atom. The van der Waals surface area contributed by atoms with E-state index >= 15 is 0 Å². The second kappa shape index (κ2) is 7.97. The number of rotatable bonds is 4. The molecule has 0 atom stereocenters. The number of ether oxygens (including phenoxy) is 1. The van der Waals surface area contributed by atoms with Crippen molar-refractivity contribution in [3.05, 3.63) is 69.8 Å². The molecule has 0 amide bonds. The lowest BCUT2D eigenvalue weighted by molar-refractivity contribution is 0.411. The Hall–Kier alpha value is -2.95. The fourth-order valence-corrected chi connectivity index (χ4v) is 3.98. The van der Waals surface area contributed by atoms with Crippen LogP contribution in [0.3, 0.4) is 0 Å². The SMILES string of the molecule is COc1ccc(C=Nn2c(C3CCCCC3)nc3ccccc3c2=O)cc1C. The Bertz CT molecular complexity index is 1080. The van der Waals surface area contributed by atoms with Crippen LogP contribution in [0.15, 0.2) is 52.4 Å². The summed E-state index contributed by atoms with van der Waals surface area (Å²) in [5.41, 5.74) is 2.60. The van der Waals surface area contributed by atoms with E-state index in [0.29, 0.717) is 5.39 Å². The van der Waals surface area contributed by atoms with Crippen molar-refractivity contribution in [2.45, 2.75) is 44.9 Å². The minimum absolute atomic E-state index is 0.104. The maximum Gasteiger partial charge on any atom is 0.282 e. The number of hydrogen-bond donors (Lipinski definition) is 0. The van der Waals surface area contributed by atoms with Gasteiger partial charge >= 0.3 is 0 Å². The van der Waals surface area contributed by atoms with E-state index in [4.69, 9.17) is 9.72 Å². The zero-order valence-corrected chi connectivity index (χ0v) is 16.4. The second-order valence-electron chi connectivity index (χ2n) is 7.41. The third kappa shape index (κ3) is 3.57. The van der Waals surface area contributed by atoms with Crippen LogP contribution in [0.25, 0.3) is 10.9 Å². The fraction of sp³-hybridized carbons (Fsp3) is 0.348. The molecular weight excluding hydrogens is 350 g/mol. The molecule has 1 aliphatic rings. The molecule has 0 radical (unpaired) electrons. The van der Waals surface area contributed by atoms with Gasteiger partial charge in [0, 0.05) is 5.92 Å². The van der Waals surface area contributed by atoms with Crippen LogP contribution >= 0.6 is 0 Å². The number of hydrogen-bond acceptors (Lipinski definition) is 4. The molecule has 144 valence electrons. The number of methoxy groups -OCH3 is 1. The van der Waals surface area contributed by atoms with Crippen molar-refractivity contribution in [2.24, 2.45) is 5.10 Å². The quantitative estimate of drug-likeness (QED) is 0.624. The largest absolute Gasteiger partial charge is 0.496 e. The van der Waals surface area contributed by atoms with E-state index < -0.39 is 0 Å². The minimum Gasteiger partial charge on any atom is -0.496 e. The summed E-state index contributed by atoms with van der Waals surface area (Å²) in [6.45, 7) is 1.99. The second-order valence-corrected chi connectivity index (χ2v) is 7.41. The maximum atomic E-state index is 13.2. The third-order valence-electron chi connectivity index (χ3n) is 5.49. The predicted octanol–water partition coefficient (Wildman–Crippen LogP) is 4.64. The van der Waals surface area contributed by atoms with Crippen LogP contribution in [0.4, 0.5) is 0 Å². The Kier molecular flexibility index (Phi) is 5.24. The molecule has 5 nitrogen and oxygen atoms in total. The summed E-state index contributed by atoms with van der Waals surface area (Å²) in [5, 5.41) is 5.18. The van der Waals surface area contributed by atoms with E-state index in [9.17, 15) is 4.79 Å². The van der Waals surface area contributed by atoms with Crippen molar-refractivity contribution in [1.29, 1.82) is 0 Å². The summed E-state index contributed by atoms with van der Waals surface area (Å²) in [6, 6.07) is 13.4. The topological polar surface area (TPSA) is 56.5 Å². The van der Waals surface area contributed by atoms with Crippen LogP contribution in [0.1, 0.15) is 55.0 Å². The molecule has 2 aromatic carbocycles. The van der Waals surface area contributed by atoms with Crippen LogP contribution in [-0.4, -0.2) is 23.0 Å². The van der Waals surface area contributed by atoms with Crippen molar-refractivity contribution < 1.29 is 4.74 Å². The molecule has 1 aliphatic carbocycles. The lowest BCUT2D eigenvalue weighted by Gasteiger charge is -2.22. The molecule has 0 spiro atoms. The Labute approximate surface area is 164 Å². The highest BCUT2D eigenvalue weighted by Crippen LogP contribution is 2.31. The van der Waals surface area contributed by atoms with Crippen LogP contribution in [0.2, 0.25) is 0 Å². The smallest absolute Gasteiger partial charge is 0.282 e. The minimum atomic E-state index is -0.104. The highest BCUT2D eigenvalue weighted by atomic mass is 16.5. The molecular formula is C23H25N3O2. The number of fused-ring (bicyclic) bond motifs is 1. The molecule has 4 rings (SSSR count). The molecule has 0 N–H and O–H groups in total. The molecule has 1 fully saturated rings. The van der Waals surface area contributed by atoms with Crippen LogP contribution in [0.5, 0.6) is 5.75 Å². The summed E-state index contributed by atoms with van der Waals surface area (Å²) in [5.74, 6) is 1.90. The number of para-hydroxylation sites is 1. The first-order valence-corrected chi connectivity index (χ1v) is 9.88. The van der Waals surface area contributed by atoms with Crippen molar-refractivity contribution in [2.75, 3.05) is 7.11 Å². The van der Waals surface area contributed by atoms with E-state index in [1.807, 2.05) is 49.4 Å². The van der Waals surface area contributed by atoms with Gasteiger partial charge in [-0.15, -0.1) is 0 Å². The van der Waals surface area contributed by atoms with E-state index in [0.717, 1.165) is 41.1 Å². The summed E-state index contributed by atoms with van der Waals surface area (Å²) in [6.07, 6.45) is 7.45.